The van der Waals surface area contributed by atoms with Gasteiger partial charge in [-0.05, 0) is 38.0 Å². The van der Waals surface area contributed by atoms with Gasteiger partial charge in [-0.25, -0.2) is 4.98 Å². The molecule has 0 saturated carbocycles. The van der Waals surface area contributed by atoms with Gasteiger partial charge in [-0.1, -0.05) is 0 Å². The molecule has 0 unspecified atom stereocenters. The van der Waals surface area contributed by atoms with Crippen LogP contribution in [0.2, 0.25) is 0 Å². The number of nitrogens with zero attached hydrogens (tertiary/aromatic N) is 2. The molecule has 2 atom stereocenters. The SMILES string of the molecule is Cn1ccnc1[C@@H](N[C@@H]1CCCOCC1)C1CCOCC1. The predicted molar refractivity (Wildman–Crippen MR) is 81.1 cm³/mol. The summed E-state index contributed by atoms with van der Waals surface area (Å²) in [6.45, 7) is 3.53. The van der Waals surface area contributed by atoms with E-state index >= 15 is 0 Å². The minimum atomic E-state index is 0.331. The van der Waals surface area contributed by atoms with Gasteiger partial charge < -0.3 is 19.4 Å². The molecule has 2 saturated heterocycles. The molecule has 0 bridgehead atoms. The second kappa shape index (κ2) is 7.38. The Balaban J connectivity index is 1.73. The molecule has 0 spiro atoms. The van der Waals surface area contributed by atoms with E-state index in [1.165, 1.54) is 6.42 Å². The highest BCUT2D eigenvalue weighted by Crippen LogP contribution is 2.30. The van der Waals surface area contributed by atoms with Gasteiger partial charge in [0.1, 0.15) is 5.82 Å². The molecule has 0 radical (unpaired) electrons. The summed E-state index contributed by atoms with van der Waals surface area (Å²) in [4.78, 5) is 4.61. The quantitative estimate of drug-likeness (QED) is 0.923. The number of nitrogens with one attached hydrogen (secondary N) is 1. The van der Waals surface area contributed by atoms with Crippen molar-refractivity contribution in [1.29, 1.82) is 0 Å². The van der Waals surface area contributed by atoms with E-state index in [4.69, 9.17) is 9.47 Å². The van der Waals surface area contributed by atoms with Crippen molar-refractivity contribution < 1.29 is 9.47 Å². The molecule has 5 nitrogen and oxygen atoms in total. The average molecular weight is 293 g/mol. The largest absolute Gasteiger partial charge is 0.381 e. The van der Waals surface area contributed by atoms with Gasteiger partial charge in [0.05, 0.1) is 6.04 Å². The van der Waals surface area contributed by atoms with Crippen molar-refractivity contribution in [3.05, 3.63) is 18.2 Å². The highest BCUT2D eigenvalue weighted by atomic mass is 16.5. The Morgan fingerprint density at radius 1 is 1.14 bits per heavy atom. The van der Waals surface area contributed by atoms with Crippen molar-refractivity contribution in [3.63, 3.8) is 0 Å². The van der Waals surface area contributed by atoms with E-state index < -0.39 is 0 Å². The molecular formula is C16H27N3O2. The molecule has 1 aromatic heterocycles. The van der Waals surface area contributed by atoms with Crippen LogP contribution in [-0.4, -0.2) is 42.0 Å². The number of rotatable bonds is 4. The number of hydrogen-bond acceptors (Lipinski definition) is 4. The lowest BCUT2D eigenvalue weighted by molar-refractivity contribution is 0.0496. The van der Waals surface area contributed by atoms with Gasteiger partial charge in [-0.2, -0.15) is 0 Å². The van der Waals surface area contributed by atoms with E-state index in [9.17, 15) is 0 Å². The lowest BCUT2D eigenvalue weighted by atomic mass is 9.90. The van der Waals surface area contributed by atoms with Crippen LogP contribution in [-0.2, 0) is 16.5 Å². The van der Waals surface area contributed by atoms with Crippen molar-refractivity contribution >= 4 is 0 Å². The van der Waals surface area contributed by atoms with Gasteiger partial charge in [-0.3, -0.25) is 0 Å². The van der Waals surface area contributed by atoms with Crippen LogP contribution >= 0.6 is 0 Å². The first-order chi connectivity index (χ1) is 10.3. The van der Waals surface area contributed by atoms with Crippen LogP contribution < -0.4 is 5.32 Å². The fraction of sp³-hybridized carbons (Fsp3) is 0.812. The molecule has 0 aliphatic carbocycles. The van der Waals surface area contributed by atoms with Gasteiger partial charge in [0.25, 0.3) is 0 Å². The van der Waals surface area contributed by atoms with Crippen LogP contribution in [0, 0.1) is 5.92 Å². The molecule has 21 heavy (non-hydrogen) atoms. The van der Waals surface area contributed by atoms with Crippen LogP contribution in [0.3, 0.4) is 0 Å². The average Bonchev–Trinajstić information content (AvgIpc) is 2.78. The molecule has 0 aromatic carbocycles. The Morgan fingerprint density at radius 2 is 1.90 bits per heavy atom. The van der Waals surface area contributed by atoms with Gasteiger partial charge in [-0.15, -0.1) is 0 Å². The molecule has 3 rings (SSSR count). The van der Waals surface area contributed by atoms with E-state index in [-0.39, 0.29) is 0 Å². The molecular weight excluding hydrogens is 266 g/mol. The lowest BCUT2D eigenvalue weighted by Crippen LogP contribution is -2.40. The zero-order chi connectivity index (χ0) is 14.5. The summed E-state index contributed by atoms with van der Waals surface area (Å²) in [6, 6.07) is 0.869. The first kappa shape index (κ1) is 15.0. The topological polar surface area (TPSA) is 48.3 Å². The van der Waals surface area contributed by atoms with Crippen LogP contribution in [0.5, 0.6) is 0 Å². The Labute approximate surface area is 127 Å². The van der Waals surface area contributed by atoms with Crippen LogP contribution in [0.1, 0.15) is 44.0 Å². The second-order valence-electron chi connectivity index (χ2n) is 6.23. The van der Waals surface area contributed by atoms with E-state index in [2.05, 4.69) is 21.9 Å². The maximum atomic E-state index is 5.59. The molecule has 5 heteroatoms. The third kappa shape index (κ3) is 3.84. The summed E-state index contributed by atoms with van der Waals surface area (Å²) in [5.41, 5.74) is 0. The summed E-state index contributed by atoms with van der Waals surface area (Å²) in [7, 11) is 2.09. The number of aromatic nitrogens is 2. The molecule has 2 aliphatic rings. The maximum absolute atomic E-state index is 5.59. The first-order valence-corrected chi connectivity index (χ1v) is 8.23. The normalized spacial score (nSPS) is 26.4. The molecule has 3 heterocycles. The van der Waals surface area contributed by atoms with Crippen LogP contribution in [0.15, 0.2) is 12.4 Å². The van der Waals surface area contributed by atoms with Crippen LogP contribution in [0.25, 0.3) is 0 Å². The van der Waals surface area contributed by atoms with Gasteiger partial charge >= 0.3 is 0 Å². The Kier molecular flexibility index (Phi) is 5.27. The second-order valence-corrected chi connectivity index (χ2v) is 6.23. The summed E-state index contributed by atoms with van der Waals surface area (Å²) in [5, 5.41) is 3.89. The molecule has 1 N–H and O–H groups in total. The van der Waals surface area contributed by atoms with Gasteiger partial charge in [0, 0.05) is 51.9 Å². The van der Waals surface area contributed by atoms with Crippen molar-refractivity contribution in [2.45, 2.75) is 44.2 Å². The summed E-state index contributed by atoms with van der Waals surface area (Å²) < 4.78 is 13.3. The van der Waals surface area contributed by atoms with Gasteiger partial charge in [0.15, 0.2) is 0 Å². The molecule has 0 amide bonds. The molecule has 2 fully saturated rings. The van der Waals surface area contributed by atoms with E-state index in [0.29, 0.717) is 18.0 Å². The van der Waals surface area contributed by atoms with Crippen LogP contribution in [0.4, 0.5) is 0 Å². The monoisotopic (exact) mass is 293 g/mol. The highest BCUT2D eigenvalue weighted by Gasteiger charge is 2.30. The first-order valence-electron chi connectivity index (χ1n) is 8.23. The van der Waals surface area contributed by atoms with Crippen molar-refractivity contribution in [2.24, 2.45) is 13.0 Å². The standard InChI is InChI=1S/C16H27N3O2/c1-19-8-7-17-16(19)15(13-4-10-21-11-5-13)18-14-3-2-9-20-12-6-14/h7-8,13-15,18H,2-6,9-12H2,1H3/t14-,15+/m1/s1. The molecule has 2 aliphatic heterocycles. The third-order valence-corrected chi connectivity index (χ3v) is 4.74. The summed E-state index contributed by atoms with van der Waals surface area (Å²) in [6.07, 6.45) is 9.63. The highest BCUT2D eigenvalue weighted by molar-refractivity contribution is 5.02. The van der Waals surface area contributed by atoms with Crippen molar-refractivity contribution in [3.8, 4) is 0 Å². The number of imidazole rings is 1. The van der Waals surface area contributed by atoms with E-state index in [1.54, 1.807) is 0 Å². The van der Waals surface area contributed by atoms with E-state index in [0.717, 1.165) is 57.9 Å². The minimum absolute atomic E-state index is 0.331. The Hall–Kier alpha value is -0.910. The summed E-state index contributed by atoms with van der Waals surface area (Å²) >= 11 is 0. The molecule has 118 valence electrons. The van der Waals surface area contributed by atoms with Gasteiger partial charge in [0.2, 0.25) is 0 Å². The fourth-order valence-electron chi connectivity index (χ4n) is 3.47. The number of ether oxygens (including phenoxy) is 2. The van der Waals surface area contributed by atoms with Crippen molar-refractivity contribution in [2.75, 3.05) is 26.4 Å². The smallest absolute Gasteiger partial charge is 0.125 e. The van der Waals surface area contributed by atoms with Crippen molar-refractivity contribution in [1.82, 2.24) is 14.9 Å². The summed E-state index contributed by atoms with van der Waals surface area (Å²) in [5.74, 6) is 1.77. The number of hydrogen-bond donors (Lipinski definition) is 1. The number of aryl methyl sites for hydroxylation is 1. The third-order valence-electron chi connectivity index (χ3n) is 4.74. The Bertz CT molecular complexity index is 421. The zero-order valence-corrected chi connectivity index (χ0v) is 13.0. The maximum Gasteiger partial charge on any atom is 0.125 e. The zero-order valence-electron chi connectivity index (χ0n) is 13.0. The minimum Gasteiger partial charge on any atom is -0.381 e. The Morgan fingerprint density at radius 3 is 2.67 bits per heavy atom. The fourth-order valence-corrected chi connectivity index (χ4v) is 3.47. The lowest BCUT2D eigenvalue weighted by Gasteiger charge is -2.33. The molecule has 1 aromatic rings. The van der Waals surface area contributed by atoms with E-state index in [1.807, 2.05) is 12.4 Å². The predicted octanol–water partition coefficient (Wildman–Crippen LogP) is 2.05.